The topological polar surface area (TPSA) is 95.1 Å². The van der Waals surface area contributed by atoms with E-state index in [0.29, 0.717) is 37.0 Å². The molecule has 2 aliphatic heterocycles. The van der Waals surface area contributed by atoms with Gasteiger partial charge in [0.05, 0.1) is 22.3 Å². The Hall–Kier alpha value is -4.14. The SMILES string of the molecule is O=C(c1cc(Cc2n[nH]c(=O)c3ccccc23)ccc1F)N1CCc2nc(N3CCCCC3)ncc2C1. The molecular formula is C28H27FN6O2. The van der Waals surface area contributed by atoms with Crippen LogP contribution in [0.4, 0.5) is 10.3 Å². The number of aromatic nitrogens is 4. The van der Waals surface area contributed by atoms with Gasteiger partial charge in [0.1, 0.15) is 5.82 Å². The molecule has 0 spiro atoms. The molecule has 2 aliphatic rings. The average Bonchev–Trinajstić information content (AvgIpc) is 2.95. The number of halogens is 1. The fraction of sp³-hybridized carbons (Fsp3) is 0.321. The molecule has 2 aromatic heterocycles. The monoisotopic (exact) mass is 498 g/mol. The Labute approximate surface area is 213 Å². The fourth-order valence-corrected chi connectivity index (χ4v) is 5.24. The molecule has 0 bridgehead atoms. The van der Waals surface area contributed by atoms with Crippen LogP contribution >= 0.6 is 0 Å². The summed E-state index contributed by atoms with van der Waals surface area (Å²) < 4.78 is 14.8. The van der Waals surface area contributed by atoms with E-state index in [1.54, 1.807) is 29.2 Å². The van der Waals surface area contributed by atoms with Gasteiger partial charge in [-0.05, 0) is 43.0 Å². The first-order valence-electron chi connectivity index (χ1n) is 12.7. The molecule has 0 atom stereocenters. The predicted molar refractivity (Wildman–Crippen MR) is 138 cm³/mol. The molecule has 0 saturated carbocycles. The van der Waals surface area contributed by atoms with E-state index < -0.39 is 5.82 Å². The Morgan fingerprint density at radius 1 is 1.03 bits per heavy atom. The van der Waals surface area contributed by atoms with E-state index in [-0.39, 0.29) is 17.0 Å². The Kier molecular flexibility index (Phi) is 6.12. The molecule has 0 aliphatic carbocycles. The van der Waals surface area contributed by atoms with Crippen LogP contribution < -0.4 is 10.5 Å². The first-order valence-corrected chi connectivity index (χ1v) is 12.7. The van der Waals surface area contributed by atoms with Crippen LogP contribution in [0.15, 0.2) is 53.5 Å². The Bertz CT molecular complexity index is 1550. The van der Waals surface area contributed by atoms with Crippen molar-refractivity contribution < 1.29 is 9.18 Å². The number of carbonyl (C=O) groups excluding carboxylic acids is 1. The molecule has 37 heavy (non-hydrogen) atoms. The largest absolute Gasteiger partial charge is 0.341 e. The molecule has 9 heteroatoms. The lowest BCUT2D eigenvalue weighted by Gasteiger charge is -2.31. The highest BCUT2D eigenvalue weighted by Gasteiger charge is 2.26. The zero-order valence-corrected chi connectivity index (χ0v) is 20.4. The zero-order chi connectivity index (χ0) is 25.4. The van der Waals surface area contributed by atoms with Gasteiger partial charge in [0.15, 0.2) is 0 Å². The van der Waals surface area contributed by atoms with Gasteiger partial charge in [-0.15, -0.1) is 0 Å². The average molecular weight is 499 g/mol. The third kappa shape index (κ3) is 4.57. The molecule has 2 aromatic carbocycles. The van der Waals surface area contributed by atoms with Gasteiger partial charge in [-0.2, -0.15) is 5.10 Å². The van der Waals surface area contributed by atoms with E-state index in [1.807, 2.05) is 18.3 Å². The lowest BCUT2D eigenvalue weighted by Crippen LogP contribution is -2.37. The third-order valence-electron chi connectivity index (χ3n) is 7.26. The summed E-state index contributed by atoms with van der Waals surface area (Å²) in [6.45, 7) is 2.77. The molecule has 4 aromatic rings. The molecule has 188 valence electrons. The highest BCUT2D eigenvalue weighted by Crippen LogP contribution is 2.24. The lowest BCUT2D eigenvalue weighted by molar-refractivity contribution is 0.0728. The normalized spacial score (nSPS) is 15.6. The van der Waals surface area contributed by atoms with Crippen LogP contribution in [0.2, 0.25) is 0 Å². The maximum atomic E-state index is 14.8. The summed E-state index contributed by atoms with van der Waals surface area (Å²) in [4.78, 5) is 38.7. The number of anilines is 1. The molecule has 6 rings (SSSR count). The summed E-state index contributed by atoms with van der Waals surface area (Å²) in [5, 5.41) is 8.02. The Morgan fingerprint density at radius 2 is 1.84 bits per heavy atom. The van der Waals surface area contributed by atoms with Crippen molar-refractivity contribution in [1.29, 1.82) is 0 Å². The number of piperidine rings is 1. The van der Waals surface area contributed by atoms with E-state index in [0.717, 1.165) is 54.1 Å². The summed E-state index contributed by atoms with van der Waals surface area (Å²) in [6, 6.07) is 11.8. The summed E-state index contributed by atoms with van der Waals surface area (Å²) >= 11 is 0. The number of nitrogens with one attached hydrogen (secondary N) is 1. The van der Waals surface area contributed by atoms with Crippen molar-refractivity contribution in [3.63, 3.8) is 0 Å². The number of fused-ring (bicyclic) bond motifs is 2. The zero-order valence-electron chi connectivity index (χ0n) is 20.4. The Morgan fingerprint density at radius 3 is 2.68 bits per heavy atom. The highest BCUT2D eigenvalue weighted by molar-refractivity contribution is 5.95. The number of benzene rings is 2. The first kappa shape index (κ1) is 23.3. The third-order valence-corrected chi connectivity index (χ3v) is 7.26. The minimum atomic E-state index is -0.560. The van der Waals surface area contributed by atoms with Crippen LogP contribution in [0.1, 0.15) is 52.1 Å². The highest BCUT2D eigenvalue weighted by atomic mass is 19.1. The number of hydrogen-bond donors (Lipinski definition) is 1. The molecule has 8 nitrogen and oxygen atoms in total. The fourth-order valence-electron chi connectivity index (χ4n) is 5.24. The number of rotatable bonds is 4. The van der Waals surface area contributed by atoms with Gasteiger partial charge in [-0.25, -0.2) is 19.5 Å². The van der Waals surface area contributed by atoms with Gasteiger partial charge in [-0.1, -0.05) is 24.3 Å². The predicted octanol–water partition coefficient (Wildman–Crippen LogP) is 3.63. The number of nitrogens with zero attached hydrogens (tertiary/aromatic N) is 5. The maximum absolute atomic E-state index is 14.8. The smallest absolute Gasteiger partial charge is 0.272 e. The van der Waals surface area contributed by atoms with E-state index in [9.17, 15) is 14.0 Å². The summed E-state index contributed by atoms with van der Waals surface area (Å²) in [6.07, 6.45) is 6.33. The number of hydrogen-bond acceptors (Lipinski definition) is 6. The van der Waals surface area contributed by atoms with E-state index in [1.165, 1.54) is 12.5 Å². The maximum Gasteiger partial charge on any atom is 0.272 e. The van der Waals surface area contributed by atoms with Gasteiger partial charge in [0.25, 0.3) is 11.5 Å². The molecule has 0 unspecified atom stereocenters. The van der Waals surface area contributed by atoms with Crippen molar-refractivity contribution in [3.8, 4) is 0 Å². The van der Waals surface area contributed by atoms with Crippen LogP contribution in [0.25, 0.3) is 10.8 Å². The van der Waals surface area contributed by atoms with Crippen molar-refractivity contribution in [3.05, 3.63) is 92.9 Å². The summed E-state index contributed by atoms with van der Waals surface area (Å²) in [5.41, 5.74) is 3.04. The molecule has 1 saturated heterocycles. The van der Waals surface area contributed by atoms with Crippen LogP contribution in [-0.4, -0.2) is 50.6 Å². The van der Waals surface area contributed by atoms with Gasteiger partial charge in [0, 0.05) is 56.2 Å². The van der Waals surface area contributed by atoms with Crippen molar-refractivity contribution in [2.45, 2.75) is 38.6 Å². The van der Waals surface area contributed by atoms with E-state index >= 15 is 0 Å². The molecule has 1 fully saturated rings. The van der Waals surface area contributed by atoms with Crippen LogP contribution in [-0.2, 0) is 19.4 Å². The number of carbonyl (C=O) groups is 1. The second kappa shape index (κ2) is 9.72. The van der Waals surface area contributed by atoms with Gasteiger partial charge in [-0.3, -0.25) is 9.59 Å². The van der Waals surface area contributed by atoms with Crippen LogP contribution in [0.5, 0.6) is 0 Å². The molecule has 1 amide bonds. The number of amides is 1. The van der Waals surface area contributed by atoms with E-state index in [2.05, 4.69) is 20.1 Å². The van der Waals surface area contributed by atoms with Gasteiger partial charge in [0.2, 0.25) is 5.95 Å². The van der Waals surface area contributed by atoms with Crippen LogP contribution in [0.3, 0.4) is 0 Å². The quantitative estimate of drug-likeness (QED) is 0.462. The number of aromatic amines is 1. The van der Waals surface area contributed by atoms with Gasteiger partial charge >= 0.3 is 0 Å². The van der Waals surface area contributed by atoms with Crippen molar-refractivity contribution >= 4 is 22.6 Å². The second-order valence-electron chi connectivity index (χ2n) is 9.70. The molecular weight excluding hydrogens is 471 g/mol. The summed E-state index contributed by atoms with van der Waals surface area (Å²) in [7, 11) is 0. The number of H-pyrrole nitrogens is 1. The van der Waals surface area contributed by atoms with Crippen molar-refractivity contribution in [2.24, 2.45) is 0 Å². The molecule has 4 heterocycles. The van der Waals surface area contributed by atoms with E-state index in [4.69, 9.17) is 4.98 Å². The minimum absolute atomic E-state index is 0.0283. The molecule has 0 radical (unpaired) electrons. The van der Waals surface area contributed by atoms with Gasteiger partial charge < -0.3 is 9.80 Å². The first-order chi connectivity index (χ1) is 18.1. The lowest BCUT2D eigenvalue weighted by atomic mass is 10.0. The Balaban J connectivity index is 1.22. The van der Waals surface area contributed by atoms with Crippen molar-refractivity contribution in [2.75, 3.05) is 24.5 Å². The standard InChI is InChI=1S/C28H27FN6O2/c29-23-9-8-18(15-25-20-6-2-3-7-21(20)26(36)33-32-25)14-22(23)27(37)35-13-10-24-19(17-35)16-30-28(31-24)34-11-4-1-5-12-34/h2-3,6-9,14,16H,1,4-5,10-13,15,17H2,(H,33,36). The van der Waals surface area contributed by atoms with Crippen LogP contribution in [0, 0.1) is 5.82 Å². The molecule has 1 N–H and O–H groups in total. The summed E-state index contributed by atoms with van der Waals surface area (Å²) in [5.74, 6) is -0.153. The minimum Gasteiger partial charge on any atom is -0.341 e. The second-order valence-corrected chi connectivity index (χ2v) is 9.70. The van der Waals surface area contributed by atoms with Crippen molar-refractivity contribution in [1.82, 2.24) is 25.1 Å².